The van der Waals surface area contributed by atoms with Crippen molar-refractivity contribution in [3.05, 3.63) is 63.8 Å². The van der Waals surface area contributed by atoms with E-state index in [1.165, 1.54) is 0 Å². The average Bonchev–Trinajstić information content (AvgIpc) is 2.79. The Bertz CT molecular complexity index is 879. The van der Waals surface area contributed by atoms with Crippen LogP contribution in [0.3, 0.4) is 0 Å². The van der Waals surface area contributed by atoms with E-state index in [4.69, 9.17) is 23.2 Å². The van der Waals surface area contributed by atoms with Crippen LogP contribution >= 0.6 is 23.2 Å². The van der Waals surface area contributed by atoms with Gasteiger partial charge in [-0.1, -0.05) is 41.4 Å². The SMILES string of the molecule is CCn1c(C(=O)Nc2cc(Cl)cc(Cl)c2)c(C)c2ccccc21. The van der Waals surface area contributed by atoms with E-state index in [-0.39, 0.29) is 5.91 Å². The minimum absolute atomic E-state index is 0.168. The molecule has 2 aromatic carbocycles. The third kappa shape index (κ3) is 2.94. The molecule has 0 aliphatic rings. The van der Waals surface area contributed by atoms with Gasteiger partial charge in [-0.3, -0.25) is 4.79 Å². The van der Waals surface area contributed by atoms with E-state index < -0.39 is 0 Å². The molecular formula is C18H16Cl2N2O. The summed E-state index contributed by atoms with van der Waals surface area (Å²) in [5.74, 6) is -0.168. The maximum atomic E-state index is 12.8. The Morgan fingerprint density at radius 2 is 1.78 bits per heavy atom. The summed E-state index contributed by atoms with van der Waals surface area (Å²) in [4.78, 5) is 12.8. The van der Waals surface area contributed by atoms with Crippen LogP contribution in [0.5, 0.6) is 0 Å². The van der Waals surface area contributed by atoms with Gasteiger partial charge in [0.15, 0.2) is 0 Å². The third-order valence-corrected chi connectivity index (χ3v) is 4.31. The van der Waals surface area contributed by atoms with Gasteiger partial charge in [0, 0.05) is 33.2 Å². The van der Waals surface area contributed by atoms with Crippen LogP contribution in [0.4, 0.5) is 5.69 Å². The van der Waals surface area contributed by atoms with Gasteiger partial charge in [0.1, 0.15) is 5.69 Å². The zero-order chi connectivity index (χ0) is 16.6. The third-order valence-electron chi connectivity index (χ3n) is 3.88. The van der Waals surface area contributed by atoms with Crippen LogP contribution in [-0.4, -0.2) is 10.5 Å². The number of fused-ring (bicyclic) bond motifs is 1. The Morgan fingerprint density at radius 3 is 2.43 bits per heavy atom. The maximum Gasteiger partial charge on any atom is 0.272 e. The Balaban J connectivity index is 2.05. The fourth-order valence-electron chi connectivity index (χ4n) is 2.91. The first-order valence-corrected chi connectivity index (χ1v) is 8.12. The van der Waals surface area contributed by atoms with Crippen molar-refractivity contribution in [1.29, 1.82) is 0 Å². The minimum atomic E-state index is -0.168. The summed E-state index contributed by atoms with van der Waals surface area (Å²) in [6.45, 7) is 4.71. The lowest BCUT2D eigenvalue weighted by Gasteiger charge is -2.10. The molecule has 0 aliphatic carbocycles. The summed E-state index contributed by atoms with van der Waals surface area (Å²) in [5, 5.41) is 4.95. The number of nitrogens with one attached hydrogen (secondary N) is 1. The number of amides is 1. The van der Waals surface area contributed by atoms with Gasteiger partial charge in [0.05, 0.1) is 0 Å². The van der Waals surface area contributed by atoms with E-state index >= 15 is 0 Å². The predicted octanol–water partition coefficient (Wildman–Crippen LogP) is 5.53. The smallest absolute Gasteiger partial charge is 0.272 e. The van der Waals surface area contributed by atoms with Crippen LogP contribution in [0.1, 0.15) is 23.0 Å². The van der Waals surface area contributed by atoms with Crippen molar-refractivity contribution < 1.29 is 4.79 Å². The number of hydrogen-bond donors (Lipinski definition) is 1. The number of hydrogen-bond acceptors (Lipinski definition) is 1. The first-order valence-electron chi connectivity index (χ1n) is 7.36. The predicted molar refractivity (Wildman–Crippen MR) is 96.8 cm³/mol. The molecule has 0 unspecified atom stereocenters. The van der Waals surface area contributed by atoms with E-state index in [1.807, 2.05) is 42.7 Å². The highest BCUT2D eigenvalue weighted by molar-refractivity contribution is 6.35. The van der Waals surface area contributed by atoms with Gasteiger partial charge in [-0.15, -0.1) is 0 Å². The molecule has 1 heterocycles. The summed E-state index contributed by atoms with van der Waals surface area (Å²) in [7, 11) is 0. The molecule has 0 radical (unpaired) electrons. The number of carbonyl (C=O) groups is 1. The molecule has 3 aromatic rings. The Morgan fingerprint density at radius 1 is 1.13 bits per heavy atom. The highest BCUT2D eigenvalue weighted by Crippen LogP contribution is 2.27. The molecule has 118 valence electrons. The van der Waals surface area contributed by atoms with Gasteiger partial charge in [0.25, 0.3) is 5.91 Å². The van der Waals surface area contributed by atoms with Crippen molar-refractivity contribution in [2.45, 2.75) is 20.4 Å². The lowest BCUT2D eigenvalue weighted by molar-refractivity contribution is 0.101. The first-order chi connectivity index (χ1) is 11.0. The van der Waals surface area contributed by atoms with Crippen molar-refractivity contribution in [2.75, 3.05) is 5.32 Å². The van der Waals surface area contributed by atoms with E-state index in [1.54, 1.807) is 18.2 Å². The second-order valence-electron chi connectivity index (χ2n) is 5.35. The Hall–Kier alpha value is -1.97. The van der Waals surface area contributed by atoms with Crippen LogP contribution in [0.15, 0.2) is 42.5 Å². The maximum absolute atomic E-state index is 12.8. The van der Waals surface area contributed by atoms with Crippen LogP contribution in [0, 0.1) is 6.92 Å². The number of para-hydroxylation sites is 1. The zero-order valence-corrected chi connectivity index (χ0v) is 14.4. The molecule has 3 nitrogen and oxygen atoms in total. The second kappa shape index (κ2) is 6.26. The first kappa shape index (κ1) is 15.9. The number of benzene rings is 2. The molecule has 1 N–H and O–H groups in total. The molecular weight excluding hydrogens is 331 g/mol. The van der Waals surface area contributed by atoms with Crippen molar-refractivity contribution in [1.82, 2.24) is 4.57 Å². The minimum Gasteiger partial charge on any atom is -0.337 e. The summed E-state index contributed by atoms with van der Waals surface area (Å²) in [6, 6.07) is 13.0. The van der Waals surface area contributed by atoms with Gasteiger partial charge < -0.3 is 9.88 Å². The number of rotatable bonds is 3. The van der Waals surface area contributed by atoms with Crippen LogP contribution in [0.25, 0.3) is 10.9 Å². The molecule has 0 fully saturated rings. The van der Waals surface area contributed by atoms with E-state index in [2.05, 4.69) is 5.32 Å². The zero-order valence-electron chi connectivity index (χ0n) is 12.9. The largest absolute Gasteiger partial charge is 0.337 e. The van der Waals surface area contributed by atoms with E-state index in [9.17, 15) is 4.79 Å². The molecule has 3 rings (SSSR count). The normalized spacial score (nSPS) is 11.0. The molecule has 0 saturated carbocycles. The topological polar surface area (TPSA) is 34.0 Å². The molecule has 0 spiro atoms. The highest BCUT2D eigenvalue weighted by Gasteiger charge is 2.19. The van der Waals surface area contributed by atoms with Gasteiger partial charge >= 0.3 is 0 Å². The molecule has 0 atom stereocenters. The lowest BCUT2D eigenvalue weighted by atomic mass is 10.1. The molecule has 0 bridgehead atoms. The summed E-state index contributed by atoms with van der Waals surface area (Å²) >= 11 is 12.0. The number of aromatic nitrogens is 1. The van der Waals surface area contributed by atoms with Crippen molar-refractivity contribution in [2.24, 2.45) is 0 Å². The molecule has 0 saturated heterocycles. The van der Waals surface area contributed by atoms with Crippen molar-refractivity contribution in [3.63, 3.8) is 0 Å². The van der Waals surface area contributed by atoms with Gasteiger partial charge in [-0.25, -0.2) is 0 Å². The van der Waals surface area contributed by atoms with Crippen LogP contribution in [-0.2, 0) is 6.54 Å². The molecule has 0 aliphatic heterocycles. The second-order valence-corrected chi connectivity index (χ2v) is 6.22. The summed E-state index contributed by atoms with van der Waals surface area (Å²) in [5.41, 5.74) is 3.26. The number of carbonyl (C=O) groups excluding carboxylic acids is 1. The fourth-order valence-corrected chi connectivity index (χ4v) is 3.44. The van der Waals surface area contributed by atoms with Crippen molar-refractivity contribution in [3.8, 4) is 0 Å². The molecule has 1 aromatic heterocycles. The lowest BCUT2D eigenvalue weighted by Crippen LogP contribution is -2.17. The summed E-state index contributed by atoms with van der Waals surface area (Å²) in [6.07, 6.45) is 0. The van der Waals surface area contributed by atoms with Crippen molar-refractivity contribution >= 4 is 45.7 Å². The molecule has 5 heteroatoms. The number of halogens is 2. The fraction of sp³-hybridized carbons (Fsp3) is 0.167. The quantitative estimate of drug-likeness (QED) is 0.664. The van der Waals surface area contributed by atoms with Gasteiger partial charge in [0.2, 0.25) is 0 Å². The molecule has 1 amide bonds. The van der Waals surface area contributed by atoms with Crippen LogP contribution in [0.2, 0.25) is 10.0 Å². The average molecular weight is 347 g/mol. The van der Waals surface area contributed by atoms with E-state index in [0.29, 0.717) is 28.0 Å². The Labute approximate surface area is 144 Å². The number of anilines is 1. The number of aryl methyl sites for hydroxylation is 2. The Kier molecular flexibility index (Phi) is 4.33. The standard InChI is InChI=1S/C18H16Cl2N2O/c1-3-22-16-7-5-4-6-15(16)11(2)17(22)18(23)21-14-9-12(19)8-13(20)10-14/h4-10H,3H2,1-2H3,(H,21,23). The van der Waals surface area contributed by atoms with E-state index in [0.717, 1.165) is 16.5 Å². The number of nitrogens with zero attached hydrogens (tertiary/aromatic N) is 1. The monoisotopic (exact) mass is 346 g/mol. The van der Waals surface area contributed by atoms with Gasteiger partial charge in [-0.2, -0.15) is 0 Å². The highest BCUT2D eigenvalue weighted by atomic mass is 35.5. The summed E-state index contributed by atoms with van der Waals surface area (Å²) < 4.78 is 2.02. The van der Waals surface area contributed by atoms with Crippen LogP contribution < -0.4 is 5.32 Å². The molecule has 23 heavy (non-hydrogen) atoms. The van der Waals surface area contributed by atoms with Gasteiger partial charge in [-0.05, 0) is 43.7 Å².